The summed E-state index contributed by atoms with van der Waals surface area (Å²) in [4.78, 5) is 73.1. The van der Waals surface area contributed by atoms with Crippen LogP contribution in [0.25, 0.3) is 0 Å². The van der Waals surface area contributed by atoms with E-state index in [1.807, 2.05) is 0 Å². The Labute approximate surface area is 634 Å². The second kappa shape index (κ2) is 77.4. The Morgan fingerprint density at radius 3 is 0.798 bits per heavy atom. The Hall–Kier alpha value is -3.76. The zero-order chi connectivity index (χ0) is 76.0. The van der Waals surface area contributed by atoms with Gasteiger partial charge in [0.15, 0.2) is 12.2 Å². The lowest BCUT2D eigenvalue weighted by Gasteiger charge is -2.21. The van der Waals surface area contributed by atoms with Gasteiger partial charge >= 0.3 is 39.5 Å². The van der Waals surface area contributed by atoms with Gasteiger partial charge in [-0.15, -0.1) is 0 Å². The molecule has 604 valence electrons. The average molecular weight is 1510 g/mol. The second-order valence-electron chi connectivity index (χ2n) is 28.0. The molecule has 0 aliphatic rings. The van der Waals surface area contributed by atoms with Crippen molar-refractivity contribution in [2.24, 2.45) is 0 Å². The molecule has 5 unspecified atom stereocenters. The number of allylic oxidation sites excluding steroid dienone is 14. The van der Waals surface area contributed by atoms with E-state index in [0.29, 0.717) is 25.7 Å². The number of aliphatic hydroxyl groups excluding tert-OH is 1. The molecule has 0 rings (SSSR count). The summed E-state index contributed by atoms with van der Waals surface area (Å²) in [5.74, 6) is -2.18. The van der Waals surface area contributed by atoms with Crippen LogP contribution in [-0.2, 0) is 65.4 Å². The number of hydrogen-bond donors (Lipinski definition) is 3. The van der Waals surface area contributed by atoms with E-state index in [-0.39, 0.29) is 25.7 Å². The van der Waals surface area contributed by atoms with Gasteiger partial charge in [-0.05, 0) is 122 Å². The molecule has 3 N–H and O–H groups in total. The molecule has 0 amide bonds. The van der Waals surface area contributed by atoms with Gasteiger partial charge in [-0.2, -0.15) is 0 Å². The summed E-state index contributed by atoms with van der Waals surface area (Å²) in [6, 6.07) is 0. The number of phosphoric ester groups is 2. The van der Waals surface area contributed by atoms with Crippen molar-refractivity contribution in [1.82, 2.24) is 0 Å². The molecule has 0 spiro atoms. The van der Waals surface area contributed by atoms with Crippen LogP contribution >= 0.6 is 15.6 Å². The Bertz CT molecular complexity index is 2300. The highest BCUT2D eigenvalue weighted by Crippen LogP contribution is 2.45. The van der Waals surface area contributed by atoms with Crippen LogP contribution in [0, 0.1) is 0 Å². The summed E-state index contributed by atoms with van der Waals surface area (Å²) >= 11 is 0. The fourth-order valence-corrected chi connectivity index (χ4v) is 13.1. The van der Waals surface area contributed by atoms with Crippen molar-refractivity contribution in [3.8, 4) is 0 Å². The van der Waals surface area contributed by atoms with E-state index in [9.17, 15) is 43.2 Å². The minimum Gasteiger partial charge on any atom is -0.462 e. The van der Waals surface area contributed by atoms with Crippen LogP contribution in [0.3, 0.4) is 0 Å². The minimum atomic E-state index is -4.98. The molecular weight excluding hydrogens is 1350 g/mol. The summed E-state index contributed by atoms with van der Waals surface area (Å²) < 4.78 is 68.7. The van der Waals surface area contributed by atoms with Gasteiger partial charge in [0, 0.05) is 25.7 Å². The topological polar surface area (TPSA) is 237 Å². The number of carbonyl (C=O) groups excluding carboxylic acids is 4. The molecule has 0 heterocycles. The van der Waals surface area contributed by atoms with Crippen molar-refractivity contribution < 1.29 is 80.2 Å². The average Bonchev–Trinajstić information content (AvgIpc) is 0.939. The first-order valence-electron chi connectivity index (χ1n) is 41.8. The van der Waals surface area contributed by atoms with Crippen LogP contribution in [0.2, 0.25) is 0 Å². The molecule has 17 nitrogen and oxygen atoms in total. The van der Waals surface area contributed by atoms with Crippen molar-refractivity contribution in [3.05, 3.63) is 85.1 Å². The minimum absolute atomic E-state index is 0.0849. The number of esters is 4. The van der Waals surface area contributed by atoms with Crippen molar-refractivity contribution in [1.29, 1.82) is 0 Å². The summed E-state index contributed by atoms with van der Waals surface area (Å²) in [7, 11) is -9.96. The maximum atomic E-state index is 13.1. The maximum Gasteiger partial charge on any atom is 0.472 e. The number of unbranched alkanes of at least 4 members (excludes halogenated alkanes) is 39. The van der Waals surface area contributed by atoms with Gasteiger partial charge in [0.25, 0.3) is 0 Å². The molecule has 0 aromatic heterocycles. The molecule has 5 atom stereocenters. The van der Waals surface area contributed by atoms with Gasteiger partial charge in [-0.3, -0.25) is 37.3 Å². The van der Waals surface area contributed by atoms with E-state index in [4.69, 9.17) is 37.0 Å². The predicted octanol–water partition coefficient (Wildman–Crippen LogP) is 24.6. The Morgan fingerprint density at radius 2 is 0.500 bits per heavy atom. The Kier molecular flexibility index (Phi) is 74.6. The number of aliphatic hydroxyl groups is 1. The molecule has 19 heteroatoms. The van der Waals surface area contributed by atoms with E-state index >= 15 is 0 Å². The van der Waals surface area contributed by atoms with Crippen LogP contribution in [0.5, 0.6) is 0 Å². The van der Waals surface area contributed by atoms with Gasteiger partial charge in [-0.1, -0.05) is 312 Å². The number of phosphoric acid groups is 2. The lowest BCUT2D eigenvalue weighted by Crippen LogP contribution is -2.30. The smallest absolute Gasteiger partial charge is 0.462 e. The fraction of sp³-hybridized carbons (Fsp3) is 0.788. The maximum absolute atomic E-state index is 13.1. The van der Waals surface area contributed by atoms with Gasteiger partial charge in [0.1, 0.15) is 19.3 Å². The summed E-state index contributed by atoms with van der Waals surface area (Å²) in [6.45, 7) is 4.77. The second-order valence-corrected chi connectivity index (χ2v) is 30.9. The number of carbonyl (C=O) groups is 4. The lowest BCUT2D eigenvalue weighted by atomic mass is 10.0. The molecule has 0 aliphatic heterocycles. The first kappa shape index (κ1) is 100. The monoisotopic (exact) mass is 1510 g/mol. The summed E-state index contributed by atoms with van der Waals surface area (Å²) in [5, 5.41) is 10.7. The molecule has 0 radical (unpaired) electrons. The normalized spacial score (nSPS) is 14.3. The quantitative estimate of drug-likeness (QED) is 0.0169. The lowest BCUT2D eigenvalue weighted by molar-refractivity contribution is -0.161. The van der Waals surface area contributed by atoms with Crippen molar-refractivity contribution in [3.63, 3.8) is 0 Å². The molecule has 104 heavy (non-hydrogen) atoms. The van der Waals surface area contributed by atoms with Crippen LogP contribution in [0.4, 0.5) is 0 Å². The van der Waals surface area contributed by atoms with Crippen LogP contribution in [-0.4, -0.2) is 96.7 Å². The molecule has 0 saturated carbocycles. The van der Waals surface area contributed by atoms with Crippen molar-refractivity contribution in [2.75, 3.05) is 39.6 Å². The highest BCUT2D eigenvalue weighted by Gasteiger charge is 2.30. The molecule has 0 fully saturated rings. The third-order valence-electron chi connectivity index (χ3n) is 17.8. The number of rotatable bonds is 79. The van der Waals surface area contributed by atoms with Crippen LogP contribution in [0.15, 0.2) is 85.1 Å². The molecule has 0 aliphatic carbocycles. The zero-order valence-corrected chi connectivity index (χ0v) is 68.0. The standard InChI is InChI=1S/C85H152O17P2/c1-5-9-13-17-21-25-29-33-36-38-39-41-44-47-50-54-58-62-66-70-83(88)95-75-80(101-84(89)71-67-63-59-55-51-45-32-28-24-20-16-12-8-4)77-99-103(91,92)97-73-79(86)74-98-104(93,94)100-78-81(102-85(90)72-68-64-60-56-52-48-42-35-31-27-23-19-15-11-7-3)76-96-82(87)69-65-61-57-53-49-46-43-40-37-34-30-26-22-18-14-10-6-2/h10,14,21-22,25-26,33-37,39,41-42,79-81,86H,5-9,11-13,15-20,23-24,27-32,38,40,43-78H2,1-4H3,(H,91,92)(H,93,94)/b14-10-,25-21-,26-22-,36-33-,37-34-,41-39-,42-35-. The van der Waals surface area contributed by atoms with Gasteiger partial charge in [0.05, 0.1) is 26.4 Å². The molecule has 0 aromatic rings. The van der Waals surface area contributed by atoms with E-state index < -0.39 is 97.5 Å². The molecular formula is C85H152O17P2. The third kappa shape index (κ3) is 76.4. The van der Waals surface area contributed by atoms with E-state index in [1.54, 1.807) is 0 Å². The molecule has 0 aromatic carbocycles. The van der Waals surface area contributed by atoms with E-state index in [1.165, 1.54) is 109 Å². The first-order chi connectivity index (χ1) is 50.7. The summed E-state index contributed by atoms with van der Waals surface area (Å²) in [5.41, 5.74) is 0. The van der Waals surface area contributed by atoms with Gasteiger partial charge in [0.2, 0.25) is 0 Å². The SMILES string of the molecule is CC/C=C\C/C=C\C/C=C\CCCCCCCCCC(=O)OCC(COP(=O)(O)OCC(O)COP(=O)(O)OCC(COC(=O)CCCCCCCC/C=C\C/C=C\C/C=C\CCCCC)OC(=O)CCCCCCCCCCCCCCC)OC(=O)CCCCCCC/C=C\CCCCCCCC. The Balaban J connectivity index is 5.34. The number of hydrogen-bond acceptors (Lipinski definition) is 15. The van der Waals surface area contributed by atoms with Crippen molar-refractivity contribution in [2.45, 2.75) is 393 Å². The molecule has 0 saturated heterocycles. The highest BCUT2D eigenvalue weighted by atomic mass is 31.2. The van der Waals surface area contributed by atoms with Gasteiger partial charge < -0.3 is 33.8 Å². The Morgan fingerprint density at radius 1 is 0.279 bits per heavy atom. The van der Waals surface area contributed by atoms with Crippen LogP contribution < -0.4 is 0 Å². The highest BCUT2D eigenvalue weighted by molar-refractivity contribution is 7.47. The molecule has 0 bridgehead atoms. The van der Waals surface area contributed by atoms with Crippen LogP contribution in [0.1, 0.15) is 374 Å². The van der Waals surface area contributed by atoms with Gasteiger partial charge in [-0.25, -0.2) is 9.13 Å². The number of ether oxygens (including phenoxy) is 4. The fourth-order valence-electron chi connectivity index (χ4n) is 11.5. The predicted molar refractivity (Wildman–Crippen MR) is 427 cm³/mol. The van der Waals surface area contributed by atoms with E-state index in [0.717, 1.165) is 186 Å². The first-order valence-corrected chi connectivity index (χ1v) is 44.8. The zero-order valence-electron chi connectivity index (χ0n) is 66.2. The van der Waals surface area contributed by atoms with Crippen molar-refractivity contribution >= 4 is 39.5 Å². The largest absolute Gasteiger partial charge is 0.472 e. The van der Waals surface area contributed by atoms with E-state index in [2.05, 4.69) is 113 Å². The third-order valence-corrected chi connectivity index (χ3v) is 19.7. The summed E-state index contributed by atoms with van der Waals surface area (Å²) in [6.07, 6.45) is 81.1.